The number of aromatic amines is 1. The van der Waals surface area contributed by atoms with Crippen LogP contribution in [0.3, 0.4) is 0 Å². The van der Waals surface area contributed by atoms with Crippen LogP contribution in [0.2, 0.25) is 0 Å². The topological polar surface area (TPSA) is 90.6 Å². The third-order valence-corrected chi connectivity index (χ3v) is 5.68. The fourth-order valence-corrected chi connectivity index (χ4v) is 3.86. The molecule has 0 spiro atoms. The van der Waals surface area contributed by atoms with Gasteiger partial charge >= 0.3 is 0 Å². The van der Waals surface area contributed by atoms with Gasteiger partial charge in [0.15, 0.2) is 0 Å². The standard InChI is InChI=1S/C24H27N5O3/c1-17(18-8-4-3-5-9-18)26-22(30)19-16-25-24(27-23(19)31)29-14-12-28(13-15-29)20-10-6-7-11-21(20)32-2/h3-11,16-17H,12-15H2,1-2H3,(H,26,30)(H,25,27,31). The lowest BCUT2D eigenvalue weighted by Crippen LogP contribution is -2.47. The van der Waals surface area contributed by atoms with Crippen molar-refractivity contribution in [2.24, 2.45) is 0 Å². The van der Waals surface area contributed by atoms with Crippen LogP contribution >= 0.6 is 0 Å². The van der Waals surface area contributed by atoms with Gasteiger partial charge in [-0.05, 0) is 24.6 Å². The number of methoxy groups -OCH3 is 1. The normalized spacial score (nSPS) is 14.7. The number of hydrogen-bond acceptors (Lipinski definition) is 6. The number of ether oxygens (including phenoxy) is 1. The molecule has 0 radical (unpaired) electrons. The van der Waals surface area contributed by atoms with E-state index in [4.69, 9.17) is 4.74 Å². The van der Waals surface area contributed by atoms with E-state index < -0.39 is 11.5 Å². The Labute approximate surface area is 186 Å². The molecular weight excluding hydrogens is 406 g/mol. The zero-order valence-corrected chi connectivity index (χ0v) is 18.2. The maximum Gasteiger partial charge on any atom is 0.265 e. The summed E-state index contributed by atoms with van der Waals surface area (Å²) in [5.41, 5.74) is 1.58. The lowest BCUT2D eigenvalue weighted by Gasteiger charge is -2.36. The quantitative estimate of drug-likeness (QED) is 0.621. The molecule has 1 unspecified atom stereocenters. The summed E-state index contributed by atoms with van der Waals surface area (Å²) in [4.78, 5) is 36.6. The van der Waals surface area contributed by atoms with Gasteiger partial charge in [-0.2, -0.15) is 0 Å². The molecule has 32 heavy (non-hydrogen) atoms. The van der Waals surface area contributed by atoms with Crippen LogP contribution in [0.5, 0.6) is 5.75 Å². The van der Waals surface area contributed by atoms with Gasteiger partial charge in [0.05, 0.1) is 18.8 Å². The Morgan fingerprint density at radius 3 is 2.38 bits per heavy atom. The lowest BCUT2D eigenvalue weighted by atomic mass is 10.1. The van der Waals surface area contributed by atoms with Gasteiger partial charge in [-0.25, -0.2) is 4.98 Å². The summed E-state index contributed by atoms with van der Waals surface area (Å²) in [6.07, 6.45) is 1.35. The molecule has 1 aliphatic rings. The van der Waals surface area contributed by atoms with E-state index >= 15 is 0 Å². The molecule has 1 atom stereocenters. The van der Waals surface area contributed by atoms with Crippen LogP contribution in [-0.2, 0) is 0 Å². The fraction of sp³-hybridized carbons (Fsp3) is 0.292. The first-order valence-corrected chi connectivity index (χ1v) is 10.6. The van der Waals surface area contributed by atoms with E-state index in [1.54, 1.807) is 7.11 Å². The summed E-state index contributed by atoms with van der Waals surface area (Å²) in [7, 11) is 1.67. The molecule has 1 fully saturated rings. The summed E-state index contributed by atoms with van der Waals surface area (Å²) in [5, 5.41) is 2.86. The van der Waals surface area contributed by atoms with Crippen molar-refractivity contribution in [3.05, 3.63) is 82.3 Å². The Morgan fingerprint density at radius 2 is 1.69 bits per heavy atom. The zero-order chi connectivity index (χ0) is 22.5. The molecule has 1 amide bonds. The summed E-state index contributed by atoms with van der Waals surface area (Å²) in [6, 6.07) is 17.3. The van der Waals surface area contributed by atoms with E-state index in [1.165, 1.54) is 6.20 Å². The smallest absolute Gasteiger partial charge is 0.265 e. The molecular formula is C24H27N5O3. The highest BCUT2D eigenvalue weighted by molar-refractivity contribution is 5.93. The number of carbonyl (C=O) groups excluding carboxylic acids is 1. The summed E-state index contributed by atoms with van der Waals surface area (Å²) in [6.45, 7) is 4.79. The maximum absolute atomic E-state index is 12.6. The second-order valence-corrected chi connectivity index (χ2v) is 7.70. The highest BCUT2D eigenvalue weighted by Crippen LogP contribution is 2.28. The van der Waals surface area contributed by atoms with Crippen molar-refractivity contribution >= 4 is 17.5 Å². The first-order chi connectivity index (χ1) is 15.6. The van der Waals surface area contributed by atoms with E-state index in [2.05, 4.69) is 20.2 Å². The maximum atomic E-state index is 12.6. The van der Waals surface area contributed by atoms with Crippen LogP contribution in [0.4, 0.5) is 11.6 Å². The van der Waals surface area contributed by atoms with Gasteiger partial charge in [0, 0.05) is 32.4 Å². The monoisotopic (exact) mass is 433 g/mol. The minimum Gasteiger partial charge on any atom is -0.495 e. The van der Waals surface area contributed by atoms with Crippen LogP contribution < -0.4 is 25.4 Å². The van der Waals surface area contributed by atoms with E-state index in [1.807, 2.05) is 66.4 Å². The second kappa shape index (κ2) is 9.55. The van der Waals surface area contributed by atoms with E-state index in [0.29, 0.717) is 19.0 Å². The molecule has 2 heterocycles. The van der Waals surface area contributed by atoms with Crippen molar-refractivity contribution < 1.29 is 9.53 Å². The SMILES string of the molecule is COc1ccccc1N1CCN(c2ncc(C(=O)NC(C)c3ccccc3)c(=O)[nH]2)CC1. The molecule has 2 N–H and O–H groups in total. The Bertz CT molecular complexity index is 1120. The Balaban J connectivity index is 1.40. The molecule has 4 rings (SSSR count). The van der Waals surface area contributed by atoms with Crippen LogP contribution in [-0.4, -0.2) is 49.2 Å². The molecule has 0 aliphatic carbocycles. The number of nitrogens with one attached hydrogen (secondary N) is 2. The van der Waals surface area contributed by atoms with Gasteiger partial charge in [0.2, 0.25) is 5.95 Å². The lowest BCUT2D eigenvalue weighted by molar-refractivity contribution is 0.0938. The first-order valence-electron chi connectivity index (χ1n) is 10.6. The van der Waals surface area contributed by atoms with Gasteiger partial charge in [0.25, 0.3) is 11.5 Å². The van der Waals surface area contributed by atoms with Crippen LogP contribution in [0, 0.1) is 0 Å². The molecule has 1 aliphatic heterocycles. The summed E-state index contributed by atoms with van der Waals surface area (Å²) in [5.74, 6) is 0.873. The zero-order valence-electron chi connectivity index (χ0n) is 18.2. The number of carbonyl (C=O) groups is 1. The highest BCUT2D eigenvalue weighted by atomic mass is 16.5. The molecule has 166 valence electrons. The number of para-hydroxylation sites is 2. The van der Waals surface area contributed by atoms with E-state index in [9.17, 15) is 9.59 Å². The Kier molecular flexibility index (Phi) is 6.39. The van der Waals surface area contributed by atoms with Crippen molar-refractivity contribution in [2.75, 3.05) is 43.1 Å². The summed E-state index contributed by atoms with van der Waals surface area (Å²) >= 11 is 0. The van der Waals surface area contributed by atoms with Gasteiger partial charge in [-0.3, -0.25) is 14.6 Å². The van der Waals surface area contributed by atoms with E-state index in [0.717, 1.165) is 30.1 Å². The number of amides is 1. The van der Waals surface area contributed by atoms with Crippen LogP contribution in [0.15, 0.2) is 65.6 Å². The number of benzene rings is 2. The average Bonchev–Trinajstić information content (AvgIpc) is 2.84. The molecule has 2 aromatic carbocycles. The number of aromatic nitrogens is 2. The Hall–Kier alpha value is -3.81. The number of anilines is 2. The average molecular weight is 434 g/mol. The second-order valence-electron chi connectivity index (χ2n) is 7.70. The molecule has 8 heteroatoms. The highest BCUT2D eigenvalue weighted by Gasteiger charge is 2.22. The minimum absolute atomic E-state index is 0.00388. The molecule has 3 aromatic rings. The molecule has 8 nitrogen and oxygen atoms in total. The largest absolute Gasteiger partial charge is 0.495 e. The first kappa shape index (κ1) is 21.4. The van der Waals surface area contributed by atoms with Crippen molar-refractivity contribution in [1.82, 2.24) is 15.3 Å². The third kappa shape index (κ3) is 4.59. The van der Waals surface area contributed by atoms with Crippen LogP contribution in [0.1, 0.15) is 28.9 Å². The summed E-state index contributed by atoms with van der Waals surface area (Å²) < 4.78 is 5.46. The molecule has 0 saturated carbocycles. The van der Waals surface area contributed by atoms with Crippen molar-refractivity contribution in [3.8, 4) is 5.75 Å². The number of H-pyrrole nitrogens is 1. The third-order valence-electron chi connectivity index (χ3n) is 5.68. The molecule has 1 aromatic heterocycles. The van der Waals surface area contributed by atoms with Crippen molar-refractivity contribution in [1.29, 1.82) is 0 Å². The Morgan fingerprint density at radius 1 is 1.03 bits per heavy atom. The number of piperazine rings is 1. The predicted molar refractivity (Wildman–Crippen MR) is 125 cm³/mol. The van der Waals surface area contributed by atoms with Crippen molar-refractivity contribution in [2.45, 2.75) is 13.0 Å². The number of nitrogens with zero attached hydrogens (tertiary/aromatic N) is 3. The van der Waals surface area contributed by atoms with Gasteiger partial charge in [-0.1, -0.05) is 42.5 Å². The van der Waals surface area contributed by atoms with Crippen LogP contribution in [0.25, 0.3) is 0 Å². The number of hydrogen-bond donors (Lipinski definition) is 2. The van der Waals surface area contributed by atoms with Gasteiger partial charge in [0.1, 0.15) is 11.3 Å². The molecule has 1 saturated heterocycles. The van der Waals surface area contributed by atoms with Gasteiger partial charge in [-0.15, -0.1) is 0 Å². The number of rotatable bonds is 6. The predicted octanol–water partition coefficient (Wildman–Crippen LogP) is 2.60. The fourth-order valence-electron chi connectivity index (χ4n) is 3.86. The molecule has 0 bridgehead atoms. The van der Waals surface area contributed by atoms with E-state index in [-0.39, 0.29) is 11.6 Å². The van der Waals surface area contributed by atoms with Crippen molar-refractivity contribution in [3.63, 3.8) is 0 Å². The minimum atomic E-state index is -0.445. The van der Waals surface area contributed by atoms with Gasteiger partial charge < -0.3 is 19.9 Å².